The molecule has 1 heterocycles. The number of carbonyl (C=O) groups excluding carboxylic acids is 3. The van der Waals surface area contributed by atoms with Crippen LogP contribution in [0.3, 0.4) is 0 Å². The highest BCUT2D eigenvalue weighted by atomic mass is 32.1. The Morgan fingerprint density at radius 1 is 1.11 bits per heavy atom. The number of aliphatic hydroxyl groups is 1. The summed E-state index contributed by atoms with van der Waals surface area (Å²) in [6, 6.07) is 14.1. The van der Waals surface area contributed by atoms with Gasteiger partial charge in [-0.3, -0.25) is 14.4 Å². The number of esters is 1. The van der Waals surface area contributed by atoms with Crippen LogP contribution in [0.15, 0.2) is 59.2 Å². The van der Waals surface area contributed by atoms with Crippen LogP contribution >= 0.6 is 11.3 Å². The number of rotatable bonds is 9. The van der Waals surface area contributed by atoms with Gasteiger partial charge in [0, 0.05) is 13.0 Å². The second kappa shape index (κ2) is 10.6. The molecule has 0 radical (unpaired) electrons. The summed E-state index contributed by atoms with van der Waals surface area (Å²) in [5, 5.41) is 23.3. The molecule has 28 heavy (non-hydrogen) atoms. The molecule has 1 amide bonds. The van der Waals surface area contributed by atoms with Crippen LogP contribution in [0.2, 0.25) is 0 Å². The van der Waals surface area contributed by atoms with Crippen LogP contribution in [0.5, 0.6) is 0 Å². The molecule has 0 bridgehead atoms. The van der Waals surface area contributed by atoms with E-state index in [-0.39, 0.29) is 25.2 Å². The van der Waals surface area contributed by atoms with E-state index in [1.54, 1.807) is 35.7 Å². The number of benzene rings is 1. The number of ketones is 1. The lowest BCUT2D eigenvalue weighted by Gasteiger charge is -2.07. The van der Waals surface area contributed by atoms with Gasteiger partial charge in [-0.25, -0.2) is 0 Å². The molecule has 144 valence electrons. The smallest absolute Gasteiger partial charge is 0.306 e. The van der Waals surface area contributed by atoms with E-state index in [9.17, 15) is 19.5 Å². The number of nitrogens with one attached hydrogen (secondary N) is 1. The monoisotopic (exact) mass is 398 g/mol. The van der Waals surface area contributed by atoms with Crippen LogP contribution in [0.4, 0.5) is 0 Å². The van der Waals surface area contributed by atoms with Crippen LogP contribution in [0.1, 0.15) is 28.1 Å². The van der Waals surface area contributed by atoms with E-state index >= 15 is 0 Å². The summed E-state index contributed by atoms with van der Waals surface area (Å²) in [7, 11) is 0. The van der Waals surface area contributed by atoms with E-state index in [0.29, 0.717) is 4.88 Å². The van der Waals surface area contributed by atoms with Crippen molar-refractivity contribution in [3.63, 3.8) is 0 Å². The van der Waals surface area contributed by atoms with E-state index < -0.39 is 29.8 Å². The largest absolute Gasteiger partial charge is 0.507 e. The first kappa shape index (κ1) is 20.9. The van der Waals surface area contributed by atoms with Gasteiger partial charge in [-0.15, -0.1) is 11.3 Å². The Morgan fingerprint density at radius 2 is 1.86 bits per heavy atom. The number of nitrogens with zero attached hydrogens (tertiary/aromatic N) is 1. The highest BCUT2D eigenvalue weighted by Crippen LogP contribution is 2.13. The highest BCUT2D eigenvalue weighted by Gasteiger charge is 2.17. The van der Waals surface area contributed by atoms with Crippen LogP contribution in [0, 0.1) is 11.3 Å². The molecule has 0 saturated heterocycles. The van der Waals surface area contributed by atoms with E-state index in [2.05, 4.69) is 5.32 Å². The third-order valence-corrected chi connectivity index (χ3v) is 4.56. The summed E-state index contributed by atoms with van der Waals surface area (Å²) >= 11 is 1.28. The van der Waals surface area contributed by atoms with E-state index in [0.717, 1.165) is 5.56 Å². The van der Waals surface area contributed by atoms with E-state index in [4.69, 9.17) is 10.00 Å². The maximum atomic E-state index is 12.0. The third-order valence-electron chi connectivity index (χ3n) is 3.65. The molecular weight excluding hydrogens is 380 g/mol. The zero-order valence-electron chi connectivity index (χ0n) is 14.9. The Bertz CT molecular complexity index is 898. The number of amides is 1. The van der Waals surface area contributed by atoms with Gasteiger partial charge >= 0.3 is 5.97 Å². The van der Waals surface area contributed by atoms with Gasteiger partial charge in [-0.1, -0.05) is 36.4 Å². The van der Waals surface area contributed by atoms with Crippen LogP contribution in [-0.2, 0) is 20.9 Å². The first-order valence-corrected chi connectivity index (χ1v) is 9.26. The fourth-order valence-corrected chi connectivity index (χ4v) is 2.88. The lowest BCUT2D eigenvalue weighted by molar-refractivity contribution is -0.143. The summed E-state index contributed by atoms with van der Waals surface area (Å²) in [4.78, 5) is 36.2. The molecule has 1 aromatic heterocycles. The SMILES string of the molecule is N#CC(C(=O)NCc1ccccc1)=C(O)COC(=O)CCC(=O)c1cccs1. The van der Waals surface area contributed by atoms with Crippen molar-refractivity contribution >= 4 is 29.0 Å². The second-order valence-electron chi connectivity index (χ2n) is 5.66. The molecule has 0 spiro atoms. The summed E-state index contributed by atoms with van der Waals surface area (Å²) in [6.07, 6.45) is -0.182. The number of thiophene rings is 1. The molecule has 0 fully saturated rings. The average Bonchev–Trinajstić information content (AvgIpc) is 3.25. The highest BCUT2D eigenvalue weighted by molar-refractivity contribution is 7.12. The molecule has 0 aliphatic carbocycles. The number of Topliss-reactive ketones (excluding diaryl/α,β-unsaturated/α-hetero) is 1. The molecule has 0 atom stereocenters. The Morgan fingerprint density at radius 3 is 2.50 bits per heavy atom. The number of aliphatic hydroxyl groups excluding tert-OH is 1. The fourth-order valence-electron chi connectivity index (χ4n) is 2.18. The lowest BCUT2D eigenvalue weighted by Crippen LogP contribution is -2.25. The molecule has 8 heteroatoms. The van der Waals surface area contributed by atoms with Crippen molar-refractivity contribution in [2.75, 3.05) is 6.61 Å². The van der Waals surface area contributed by atoms with Gasteiger partial charge in [0.25, 0.3) is 5.91 Å². The number of hydrogen-bond acceptors (Lipinski definition) is 7. The number of hydrogen-bond donors (Lipinski definition) is 2. The molecule has 2 N–H and O–H groups in total. The first-order valence-electron chi connectivity index (χ1n) is 8.38. The average molecular weight is 398 g/mol. The van der Waals surface area contributed by atoms with Gasteiger partial charge in [-0.2, -0.15) is 5.26 Å². The Hall–Kier alpha value is -3.44. The molecule has 0 saturated carbocycles. The number of nitriles is 1. The molecule has 7 nitrogen and oxygen atoms in total. The van der Waals surface area contributed by atoms with E-state index in [1.165, 1.54) is 11.3 Å². The third kappa shape index (κ3) is 6.37. The summed E-state index contributed by atoms with van der Waals surface area (Å²) in [5.41, 5.74) is 0.299. The summed E-state index contributed by atoms with van der Waals surface area (Å²) < 4.78 is 4.84. The molecule has 1 aromatic carbocycles. The normalized spacial score (nSPS) is 11.1. The molecule has 0 aliphatic heterocycles. The predicted molar refractivity (Wildman–Crippen MR) is 102 cm³/mol. The fraction of sp³-hybridized carbons (Fsp3) is 0.200. The zero-order valence-corrected chi connectivity index (χ0v) is 15.7. The van der Waals surface area contributed by atoms with Gasteiger partial charge in [0.05, 0.1) is 11.3 Å². The zero-order chi connectivity index (χ0) is 20.4. The van der Waals surface area contributed by atoms with Gasteiger partial charge in [-0.05, 0) is 17.0 Å². The Kier molecular flexibility index (Phi) is 7.93. The van der Waals surface area contributed by atoms with Crippen molar-refractivity contribution in [3.8, 4) is 6.07 Å². The second-order valence-corrected chi connectivity index (χ2v) is 6.61. The molecule has 2 rings (SSSR count). The Labute approximate surface area is 165 Å². The molecule has 0 unspecified atom stereocenters. The van der Waals surface area contributed by atoms with Crippen molar-refractivity contribution in [3.05, 3.63) is 69.6 Å². The van der Waals surface area contributed by atoms with Gasteiger partial charge < -0.3 is 15.2 Å². The minimum absolute atomic E-state index is 0.0213. The van der Waals surface area contributed by atoms with Gasteiger partial charge in [0.1, 0.15) is 12.7 Å². The van der Waals surface area contributed by atoms with Crippen molar-refractivity contribution in [2.24, 2.45) is 0 Å². The minimum atomic E-state index is -0.771. The summed E-state index contributed by atoms with van der Waals surface area (Å²) in [6.45, 7) is -0.434. The quantitative estimate of drug-likeness (QED) is 0.221. The molecule has 0 aliphatic rings. The van der Waals surface area contributed by atoms with Crippen molar-refractivity contribution in [2.45, 2.75) is 19.4 Å². The number of carbonyl (C=O) groups is 3. The van der Waals surface area contributed by atoms with Crippen molar-refractivity contribution in [1.82, 2.24) is 5.32 Å². The summed E-state index contributed by atoms with van der Waals surface area (Å²) in [5.74, 6) is -2.30. The number of ether oxygens (including phenoxy) is 1. The lowest BCUT2D eigenvalue weighted by atomic mass is 10.2. The molecular formula is C20H18N2O5S. The standard InChI is InChI=1S/C20H18N2O5S/c21-11-15(20(26)22-12-14-5-2-1-3-6-14)17(24)13-27-19(25)9-8-16(23)18-7-4-10-28-18/h1-7,10,24H,8-9,12-13H2,(H,22,26). The van der Waals surface area contributed by atoms with Crippen LogP contribution in [0.25, 0.3) is 0 Å². The van der Waals surface area contributed by atoms with Crippen molar-refractivity contribution < 1.29 is 24.2 Å². The van der Waals surface area contributed by atoms with Crippen LogP contribution in [-0.4, -0.2) is 29.4 Å². The maximum absolute atomic E-state index is 12.0. The maximum Gasteiger partial charge on any atom is 0.306 e. The minimum Gasteiger partial charge on any atom is -0.507 e. The van der Waals surface area contributed by atoms with Gasteiger partial charge in [0.2, 0.25) is 0 Å². The topological polar surface area (TPSA) is 116 Å². The molecule has 2 aromatic rings. The van der Waals surface area contributed by atoms with E-state index in [1.807, 2.05) is 18.2 Å². The first-order chi connectivity index (χ1) is 13.5. The Balaban J connectivity index is 1.82. The van der Waals surface area contributed by atoms with Crippen LogP contribution < -0.4 is 5.32 Å². The van der Waals surface area contributed by atoms with Crippen molar-refractivity contribution in [1.29, 1.82) is 5.26 Å². The predicted octanol–water partition coefficient (Wildman–Crippen LogP) is 2.91. The van der Waals surface area contributed by atoms with Gasteiger partial charge in [0.15, 0.2) is 17.1 Å².